The zero-order chi connectivity index (χ0) is 14.0. The Hall–Kier alpha value is 1.78. The Morgan fingerprint density at radius 2 is 1.35 bits per heavy atom. The van der Waals surface area contributed by atoms with Crippen LogP contribution in [-0.4, -0.2) is 9.14 Å². The first kappa shape index (κ1) is 18.8. The Morgan fingerprint density at radius 1 is 0.941 bits per heavy atom. The molecule has 1 rings (SSSR count). The SMILES string of the molecule is N#[N+]c1ccc(Cl)cc1Cl.[Cl][Sb-]([Cl])([Cl])([Cl])([Cl])[Cl]. The molecule has 0 aliphatic heterocycles. The Labute approximate surface area is 128 Å². The van der Waals surface area contributed by atoms with Gasteiger partial charge >= 0.3 is 67.8 Å². The minimum absolute atomic E-state index is 0.325. The van der Waals surface area contributed by atoms with Crippen LogP contribution in [0.5, 0.6) is 0 Å². The second kappa shape index (κ2) is 5.64. The third kappa shape index (κ3) is 15.7. The number of hydrogen-bond acceptors (Lipinski definition) is 1. The van der Waals surface area contributed by atoms with Crippen LogP contribution in [-0.2, 0) is 0 Å². The van der Waals surface area contributed by atoms with Crippen molar-refractivity contribution in [1.29, 1.82) is 5.39 Å². The molecule has 17 heavy (non-hydrogen) atoms. The van der Waals surface area contributed by atoms with Crippen molar-refractivity contribution in [2.24, 2.45) is 0 Å². The van der Waals surface area contributed by atoms with Crippen molar-refractivity contribution in [3.8, 4) is 0 Å². The summed E-state index contributed by atoms with van der Waals surface area (Å²) in [5.41, 5.74) is 0.325. The van der Waals surface area contributed by atoms with Gasteiger partial charge in [-0.25, -0.2) is 0 Å². The van der Waals surface area contributed by atoms with Gasteiger partial charge < -0.3 is 0 Å². The number of benzene rings is 1. The fraction of sp³-hybridized carbons (Fsp3) is 0. The van der Waals surface area contributed by atoms with Crippen molar-refractivity contribution >= 4 is 91.0 Å². The van der Waals surface area contributed by atoms with Gasteiger partial charge in [-0.3, -0.25) is 0 Å². The molecule has 0 amide bonds. The summed E-state index contributed by atoms with van der Waals surface area (Å²) in [7, 11) is 25.0. The van der Waals surface area contributed by atoms with Crippen LogP contribution in [0.1, 0.15) is 0 Å². The molecule has 0 bridgehead atoms. The van der Waals surface area contributed by atoms with Crippen molar-refractivity contribution in [2.75, 3.05) is 0 Å². The average Bonchev–Trinajstić information content (AvgIpc) is 1.98. The number of hydrogen-bond donors (Lipinski definition) is 0. The summed E-state index contributed by atoms with van der Waals surface area (Å²) >= 11 is 11.2. The quantitative estimate of drug-likeness (QED) is 0.268. The summed E-state index contributed by atoms with van der Waals surface area (Å²) < 4.78 is 0. The first-order valence-electron chi connectivity index (χ1n) is 3.55. The van der Waals surface area contributed by atoms with Gasteiger partial charge in [0, 0.05) is 11.1 Å². The average molecular weight is 508 g/mol. The molecular weight excluding hydrogens is 505 g/mol. The van der Waals surface area contributed by atoms with Crippen molar-refractivity contribution in [3.63, 3.8) is 0 Å². The molecule has 0 aliphatic rings. The standard InChI is InChI=1S/C6H3Cl2N2.6ClH.Sb/c7-4-1-2-6(10-9)5(8)3-4;;;;;;;/h1-3H;6*1H;/q+1;;;;;;;+5/p-6. The van der Waals surface area contributed by atoms with Crippen LogP contribution in [0, 0.1) is 5.39 Å². The van der Waals surface area contributed by atoms with Crippen LogP contribution in [0.25, 0.3) is 4.98 Å². The predicted octanol–water partition coefficient (Wildman–Crippen LogP) is 7.23. The molecule has 0 atom stereocenters. The first-order valence-corrected chi connectivity index (χ1v) is 23.7. The maximum atomic E-state index is 8.31. The van der Waals surface area contributed by atoms with Crippen molar-refractivity contribution in [2.45, 2.75) is 0 Å². The Bertz CT molecular complexity index is 447. The number of rotatable bonds is 0. The van der Waals surface area contributed by atoms with Gasteiger partial charge in [0.2, 0.25) is 5.39 Å². The van der Waals surface area contributed by atoms with Crippen LogP contribution >= 0.6 is 76.2 Å². The zero-order valence-corrected chi connectivity index (χ0v) is 16.2. The third-order valence-corrected chi connectivity index (χ3v) is 1.56. The van der Waals surface area contributed by atoms with Crippen molar-refractivity contribution < 1.29 is 0 Å². The molecule has 0 unspecified atom stereocenters. The Kier molecular flexibility index (Phi) is 6.23. The van der Waals surface area contributed by atoms with Crippen LogP contribution in [0.3, 0.4) is 0 Å². The van der Waals surface area contributed by atoms with Crippen molar-refractivity contribution in [1.82, 2.24) is 0 Å². The molecule has 0 fully saturated rings. The van der Waals surface area contributed by atoms with Crippen LogP contribution in [0.2, 0.25) is 10.0 Å². The Balaban J connectivity index is 0.000000325. The molecule has 0 heterocycles. The zero-order valence-electron chi connectivity index (χ0n) is 7.60. The van der Waals surface area contributed by atoms with Gasteiger partial charge in [0.1, 0.15) is 5.02 Å². The Morgan fingerprint density at radius 3 is 1.65 bits per heavy atom. The number of halogens is 8. The minimum atomic E-state index is -5.42. The summed E-state index contributed by atoms with van der Waals surface area (Å²) in [5.74, 6) is 0. The van der Waals surface area contributed by atoms with E-state index in [0.29, 0.717) is 15.7 Å². The van der Waals surface area contributed by atoms with E-state index in [1.54, 1.807) is 6.07 Å². The molecule has 0 spiro atoms. The molecule has 0 saturated heterocycles. The van der Waals surface area contributed by atoms with Gasteiger partial charge in [0.05, 0.1) is 0 Å². The molecule has 11 heteroatoms. The number of nitrogens with zero attached hydrogens (tertiary/aromatic N) is 2. The molecular formula is C6H3Cl8N2Sb. The van der Waals surface area contributed by atoms with E-state index in [2.05, 4.69) is 4.98 Å². The molecule has 0 radical (unpaired) electrons. The molecule has 1 aromatic rings. The fourth-order valence-electron chi connectivity index (χ4n) is 0.562. The fourth-order valence-corrected chi connectivity index (χ4v) is 1.01. The first-order chi connectivity index (χ1) is 7.19. The van der Waals surface area contributed by atoms with Crippen LogP contribution < -0.4 is 0 Å². The summed E-state index contributed by atoms with van der Waals surface area (Å²) in [6.45, 7) is 0. The maximum absolute atomic E-state index is 8.31. The summed E-state index contributed by atoms with van der Waals surface area (Å²) in [4.78, 5) is 2.92. The summed E-state index contributed by atoms with van der Waals surface area (Å²) in [6, 6.07) is 4.64. The van der Waals surface area contributed by atoms with E-state index in [0.717, 1.165) is 0 Å². The number of diazo groups is 1. The van der Waals surface area contributed by atoms with Gasteiger partial charge in [0.25, 0.3) is 0 Å². The van der Waals surface area contributed by atoms with E-state index in [9.17, 15) is 0 Å². The monoisotopic (exact) mass is 504 g/mol. The topological polar surface area (TPSA) is 28.1 Å². The van der Waals surface area contributed by atoms with E-state index in [1.807, 2.05) is 0 Å². The van der Waals surface area contributed by atoms with Gasteiger partial charge in [-0.2, -0.15) is 0 Å². The van der Waals surface area contributed by atoms with Crippen LogP contribution in [0.15, 0.2) is 18.2 Å². The van der Waals surface area contributed by atoms with Gasteiger partial charge in [-0.1, -0.05) is 23.2 Å². The van der Waals surface area contributed by atoms with Crippen molar-refractivity contribution in [3.05, 3.63) is 33.2 Å². The van der Waals surface area contributed by atoms with E-state index in [4.69, 9.17) is 81.6 Å². The predicted molar refractivity (Wildman–Crippen MR) is 82.1 cm³/mol. The van der Waals surface area contributed by atoms with E-state index in [1.165, 1.54) is 12.1 Å². The van der Waals surface area contributed by atoms with Gasteiger partial charge in [-0.15, -0.1) is 0 Å². The molecule has 1 aromatic carbocycles. The van der Waals surface area contributed by atoms with Gasteiger partial charge in [-0.05, 0) is 12.1 Å². The third-order valence-electron chi connectivity index (χ3n) is 1.02. The second-order valence-electron chi connectivity index (χ2n) is 2.65. The molecule has 0 saturated carbocycles. The van der Waals surface area contributed by atoms with E-state index < -0.39 is 9.14 Å². The van der Waals surface area contributed by atoms with Crippen LogP contribution in [0.4, 0.5) is 5.69 Å². The summed E-state index contributed by atoms with van der Waals surface area (Å²) in [6.07, 6.45) is 0. The van der Waals surface area contributed by atoms with E-state index in [-0.39, 0.29) is 0 Å². The molecule has 98 valence electrons. The molecule has 0 aliphatic carbocycles. The van der Waals surface area contributed by atoms with Gasteiger partial charge in [0.15, 0.2) is 4.98 Å². The summed E-state index contributed by atoms with van der Waals surface area (Å²) in [5, 5.41) is 9.17. The second-order valence-corrected chi connectivity index (χ2v) is 60.4. The molecule has 0 N–H and O–H groups in total. The molecule has 2 nitrogen and oxygen atoms in total. The normalized spacial score (nSPS) is 14.8. The van der Waals surface area contributed by atoms with E-state index >= 15 is 0 Å². The molecule has 0 aromatic heterocycles.